The molecule has 140 valence electrons. The number of nitrogens with zero attached hydrogens (tertiary/aromatic N) is 4. The maximum atomic E-state index is 12.9. The van der Waals surface area contributed by atoms with Crippen molar-refractivity contribution in [1.82, 2.24) is 20.0 Å². The van der Waals surface area contributed by atoms with Crippen LogP contribution in [0.1, 0.15) is 15.9 Å². The van der Waals surface area contributed by atoms with Gasteiger partial charge in [0.2, 0.25) is 5.13 Å². The number of nitrogens with one attached hydrogen (secondary N) is 1. The van der Waals surface area contributed by atoms with Gasteiger partial charge >= 0.3 is 0 Å². The van der Waals surface area contributed by atoms with Gasteiger partial charge in [0.15, 0.2) is 0 Å². The van der Waals surface area contributed by atoms with Crippen molar-refractivity contribution in [3.8, 4) is 17.0 Å². The minimum atomic E-state index is -0.283. The molecule has 28 heavy (non-hydrogen) atoms. The normalized spacial score (nSPS) is 10.6. The number of benzene rings is 2. The molecular weight excluding hydrogens is 374 g/mol. The van der Waals surface area contributed by atoms with Crippen LogP contribution >= 0.6 is 11.3 Å². The molecule has 7 nitrogen and oxygen atoms in total. The van der Waals surface area contributed by atoms with E-state index in [0.717, 1.165) is 11.1 Å². The zero-order valence-corrected chi connectivity index (χ0v) is 15.9. The van der Waals surface area contributed by atoms with Crippen LogP contribution in [0.5, 0.6) is 5.75 Å². The summed E-state index contributed by atoms with van der Waals surface area (Å²) in [5, 5.41) is 15.5. The Morgan fingerprint density at radius 1 is 1.18 bits per heavy atom. The molecule has 0 atom stereocenters. The Hall–Kier alpha value is -3.52. The van der Waals surface area contributed by atoms with Crippen LogP contribution in [0.25, 0.3) is 11.3 Å². The molecule has 0 aliphatic carbocycles. The third kappa shape index (κ3) is 3.91. The molecular formula is C20H17N5O2S. The number of methoxy groups -OCH3 is 1. The number of ether oxygens (including phenoxy) is 1. The van der Waals surface area contributed by atoms with Crippen LogP contribution in [0, 0.1) is 0 Å². The Bertz CT molecular complexity index is 1080. The summed E-state index contributed by atoms with van der Waals surface area (Å²) in [6.45, 7) is 0.559. The summed E-state index contributed by atoms with van der Waals surface area (Å²) in [5.41, 5.74) is 4.50. The first-order valence-corrected chi connectivity index (χ1v) is 9.44. The predicted molar refractivity (Wildman–Crippen MR) is 108 cm³/mol. The van der Waals surface area contributed by atoms with E-state index in [-0.39, 0.29) is 5.91 Å². The summed E-state index contributed by atoms with van der Waals surface area (Å²) < 4.78 is 7.08. The number of carbonyl (C=O) groups is 1. The van der Waals surface area contributed by atoms with Crippen LogP contribution in [0.3, 0.4) is 0 Å². The Morgan fingerprint density at radius 2 is 2.04 bits per heavy atom. The standard InChI is InChI=1S/C20H17N5O2S/c1-27-16-9-5-8-15(10-16)18-17(19(26)22-20-23-21-13-28-20)12-25(24-18)11-14-6-3-2-4-7-14/h2-10,12-13H,11H2,1H3,(H,22,23,26). The van der Waals surface area contributed by atoms with E-state index in [1.807, 2.05) is 54.6 Å². The van der Waals surface area contributed by atoms with Crippen molar-refractivity contribution in [2.24, 2.45) is 0 Å². The third-order valence-corrected chi connectivity index (χ3v) is 4.72. The highest BCUT2D eigenvalue weighted by Gasteiger charge is 2.19. The van der Waals surface area contributed by atoms with Gasteiger partial charge in [0.05, 0.1) is 19.2 Å². The van der Waals surface area contributed by atoms with Crippen LogP contribution in [0.2, 0.25) is 0 Å². The third-order valence-electron chi connectivity index (χ3n) is 4.12. The van der Waals surface area contributed by atoms with E-state index in [1.165, 1.54) is 11.3 Å². The monoisotopic (exact) mass is 391 g/mol. The number of rotatable bonds is 6. The van der Waals surface area contributed by atoms with Crippen molar-refractivity contribution in [2.75, 3.05) is 12.4 Å². The Morgan fingerprint density at radius 3 is 2.79 bits per heavy atom. The van der Waals surface area contributed by atoms with Gasteiger partial charge in [0.25, 0.3) is 5.91 Å². The van der Waals surface area contributed by atoms with E-state index in [0.29, 0.717) is 28.7 Å². The van der Waals surface area contributed by atoms with Gasteiger partial charge < -0.3 is 4.74 Å². The molecule has 2 aromatic carbocycles. The van der Waals surface area contributed by atoms with Crippen LogP contribution in [-0.4, -0.2) is 33.0 Å². The Balaban J connectivity index is 1.72. The van der Waals surface area contributed by atoms with E-state index >= 15 is 0 Å². The second-order valence-corrected chi connectivity index (χ2v) is 6.84. The largest absolute Gasteiger partial charge is 0.497 e. The number of aromatic nitrogens is 4. The zero-order chi connectivity index (χ0) is 19.3. The lowest BCUT2D eigenvalue weighted by Crippen LogP contribution is -2.12. The van der Waals surface area contributed by atoms with Crippen molar-refractivity contribution in [3.05, 3.63) is 77.4 Å². The highest BCUT2D eigenvalue weighted by atomic mass is 32.1. The molecule has 0 aliphatic rings. The minimum Gasteiger partial charge on any atom is -0.497 e. The summed E-state index contributed by atoms with van der Waals surface area (Å²) >= 11 is 1.26. The molecule has 8 heteroatoms. The lowest BCUT2D eigenvalue weighted by atomic mass is 10.1. The van der Waals surface area contributed by atoms with Gasteiger partial charge in [-0.15, -0.1) is 10.2 Å². The number of anilines is 1. The highest BCUT2D eigenvalue weighted by Crippen LogP contribution is 2.27. The maximum Gasteiger partial charge on any atom is 0.261 e. The van der Waals surface area contributed by atoms with Gasteiger partial charge in [-0.3, -0.25) is 14.8 Å². The summed E-state index contributed by atoms with van der Waals surface area (Å²) in [6.07, 6.45) is 1.75. The van der Waals surface area contributed by atoms with E-state index in [4.69, 9.17) is 4.74 Å². The molecule has 0 saturated heterocycles. The first-order chi connectivity index (χ1) is 13.7. The van der Waals surface area contributed by atoms with Crippen molar-refractivity contribution >= 4 is 22.4 Å². The van der Waals surface area contributed by atoms with Crippen molar-refractivity contribution < 1.29 is 9.53 Å². The highest BCUT2D eigenvalue weighted by molar-refractivity contribution is 7.13. The molecule has 4 aromatic rings. The lowest BCUT2D eigenvalue weighted by molar-refractivity contribution is 0.102. The number of hydrogen-bond donors (Lipinski definition) is 1. The Kier molecular flexibility index (Phi) is 5.11. The Labute approximate surface area is 165 Å². The van der Waals surface area contributed by atoms with Crippen molar-refractivity contribution in [2.45, 2.75) is 6.54 Å². The first-order valence-electron chi connectivity index (χ1n) is 8.56. The second-order valence-electron chi connectivity index (χ2n) is 6.00. The quantitative estimate of drug-likeness (QED) is 0.542. The summed E-state index contributed by atoms with van der Waals surface area (Å²) in [5.74, 6) is 0.416. The maximum absolute atomic E-state index is 12.9. The van der Waals surface area contributed by atoms with Gasteiger partial charge in [-0.2, -0.15) is 5.10 Å². The molecule has 0 unspecified atom stereocenters. The van der Waals surface area contributed by atoms with Gasteiger partial charge in [-0.1, -0.05) is 53.8 Å². The van der Waals surface area contributed by atoms with Crippen LogP contribution in [0.4, 0.5) is 5.13 Å². The lowest BCUT2D eigenvalue weighted by Gasteiger charge is -2.05. The van der Waals surface area contributed by atoms with E-state index in [2.05, 4.69) is 20.6 Å². The minimum absolute atomic E-state index is 0.283. The van der Waals surface area contributed by atoms with E-state index in [9.17, 15) is 4.79 Å². The first kappa shape index (κ1) is 17.9. The number of amides is 1. The fourth-order valence-electron chi connectivity index (χ4n) is 2.81. The van der Waals surface area contributed by atoms with Crippen LogP contribution < -0.4 is 10.1 Å². The molecule has 1 amide bonds. The summed E-state index contributed by atoms with van der Waals surface area (Å²) in [7, 11) is 1.61. The molecule has 0 bridgehead atoms. The molecule has 0 fully saturated rings. The average Bonchev–Trinajstić information content (AvgIpc) is 3.39. The molecule has 2 aromatic heterocycles. The summed E-state index contributed by atoms with van der Waals surface area (Å²) in [4.78, 5) is 12.9. The second kappa shape index (κ2) is 8.01. The molecule has 0 spiro atoms. The zero-order valence-electron chi connectivity index (χ0n) is 15.1. The molecule has 2 heterocycles. The van der Waals surface area contributed by atoms with Crippen LogP contribution in [-0.2, 0) is 6.54 Å². The van der Waals surface area contributed by atoms with Gasteiger partial charge in [-0.05, 0) is 17.7 Å². The molecule has 0 aliphatic heterocycles. The smallest absolute Gasteiger partial charge is 0.261 e. The fraction of sp³-hybridized carbons (Fsp3) is 0.100. The summed E-state index contributed by atoms with van der Waals surface area (Å²) in [6, 6.07) is 17.4. The topological polar surface area (TPSA) is 81.9 Å². The van der Waals surface area contributed by atoms with E-state index in [1.54, 1.807) is 23.5 Å². The van der Waals surface area contributed by atoms with Gasteiger partial charge in [0.1, 0.15) is 17.0 Å². The van der Waals surface area contributed by atoms with Crippen molar-refractivity contribution in [1.29, 1.82) is 0 Å². The molecule has 0 radical (unpaired) electrons. The molecule has 1 N–H and O–H groups in total. The van der Waals surface area contributed by atoms with Crippen molar-refractivity contribution in [3.63, 3.8) is 0 Å². The average molecular weight is 391 g/mol. The fourth-order valence-corrected chi connectivity index (χ4v) is 3.25. The SMILES string of the molecule is COc1cccc(-c2nn(Cc3ccccc3)cc2C(=O)Nc2nncs2)c1. The van der Waals surface area contributed by atoms with Crippen LogP contribution in [0.15, 0.2) is 66.3 Å². The number of carbonyl (C=O) groups excluding carboxylic acids is 1. The van der Waals surface area contributed by atoms with E-state index < -0.39 is 0 Å². The van der Waals surface area contributed by atoms with Gasteiger partial charge in [-0.25, -0.2) is 0 Å². The molecule has 4 rings (SSSR count). The molecule has 0 saturated carbocycles. The predicted octanol–water partition coefficient (Wildman–Crippen LogP) is 3.71. The van der Waals surface area contributed by atoms with Gasteiger partial charge in [0, 0.05) is 11.8 Å². The number of hydrogen-bond acceptors (Lipinski definition) is 6.